The summed E-state index contributed by atoms with van der Waals surface area (Å²) in [6.07, 6.45) is 1.87. The van der Waals surface area contributed by atoms with E-state index in [2.05, 4.69) is 15.9 Å². The van der Waals surface area contributed by atoms with Gasteiger partial charge in [-0.2, -0.15) is 0 Å². The molecule has 1 aromatic heterocycles. The Morgan fingerprint density at radius 2 is 1.38 bits per heavy atom. The number of hydrogen-bond donors (Lipinski definition) is 0. The van der Waals surface area contributed by atoms with Gasteiger partial charge in [-0.25, -0.2) is 0 Å². The smallest absolute Gasteiger partial charge is 0.259 e. The van der Waals surface area contributed by atoms with Gasteiger partial charge in [0.1, 0.15) is 0 Å². The molecule has 3 aromatic rings. The number of nitrogens with zero attached hydrogens (tertiary/aromatic N) is 1. The Morgan fingerprint density at radius 1 is 0.857 bits per heavy atom. The molecule has 1 heterocycles. The molecule has 0 N–H and O–H groups in total. The van der Waals surface area contributed by atoms with Crippen molar-refractivity contribution in [3.63, 3.8) is 0 Å². The fourth-order valence-electron chi connectivity index (χ4n) is 2.39. The number of benzene rings is 2. The van der Waals surface area contributed by atoms with E-state index in [1.165, 1.54) is 0 Å². The third-order valence-electron chi connectivity index (χ3n) is 3.46. The Balaban J connectivity index is 2.31. The fraction of sp³-hybridized carbons (Fsp3) is 0.0556. The van der Waals surface area contributed by atoms with Gasteiger partial charge in [0, 0.05) is 23.3 Å². The summed E-state index contributed by atoms with van der Waals surface area (Å²) < 4.78 is 2.47. The molecule has 3 heteroatoms. The van der Waals surface area contributed by atoms with Crippen LogP contribution in [0.2, 0.25) is 0 Å². The Morgan fingerprint density at radius 3 is 1.95 bits per heavy atom. The highest BCUT2D eigenvalue weighted by molar-refractivity contribution is 9.10. The topological polar surface area (TPSA) is 22.0 Å². The van der Waals surface area contributed by atoms with E-state index in [4.69, 9.17) is 0 Å². The number of pyridine rings is 1. The summed E-state index contributed by atoms with van der Waals surface area (Å²) in [5, 5.41) is 0. The van der Waals surface area contributed by atoms with E-state index in [0.29, 0.717) is 5.56 Å². The van der Waals surface area contributed by atoms with Crippen molar-refractivity contribution in [3.05, 3.63) is 81.7 Å². The van der Waals surface area contributed by atoms with Crippen LogP contribution in [-0.2, 0) is 7.05 Å². The van der Waals surface area contributed by atoms with Gasteiger partial charge in [0.05, 0.1) is 5.56 Å². The summed E-state index contributed by atoms with van der Waals surface area (Å²) in [4.78, 5) is 12.5. The molecule has 0 fully saturated rings. The van der Waals surface area contributed by atoms with Crippen molar-refractivity contribution in [1.29, 1.82) is 0 Å². The quantitative estimate of drug-likeness (QED) is 0.674. The molecule has 0 unspecified atom stereocenters. The zero-order valence-corrected chi connectivity index (χ0v) is 13.2. The lowest BCUT2D eigenvalue weighted by molar-refractivity contribution is 0.863. The third kappa shape index (κ3) is 2.57. The van der Waals surface area contributed by atoms with Gasteiger partial charge in [0.15, 0.2) is 0 Å². The SMILES string of the molecule is Cn1cc(-c2ccccc2)c(Br)c(-c2ccccc2)c1=O. The number of aryl methyl sites for hydroxylation is 1. The van der Waals surface area contributed by atoms with Gasteiger partial charge in [-0.1, -0.05) is 60.7 Å². The summed E-state index contributed by atoms with van der Waals surface area (Å²) >= 11 is 3.63. The molecule has 0 saturated carbocycles. The van der Waals surface area contributed by atoms with Crippen LogP contribution < -0.4 is 5.56 Å². The lowest BCUT2D eigenvalue weighted by atomic mass is 10.0. The first-order valence-electron chi connectivity index (χ1n) is 6.68. The van der Waals surface area contributed by atoms with E-state index in [0.717, 1.165) is 21.2 Å². The van der Waals surface area contributed by atoms with Crippen LogP contribution in [0, 0.1) is 0 Å². The van der Waals surface area contributed by atoms with E-state index in [9.17, 15) is 4.79 Å². The molecule has 3 rings (SSSR count). The highest BCUT2D eigenvalue weighted by Gasteiger charge is 2.15. The predicted octanol–water partition coefficient (Wildman–Crippen LogP) is 4.48. The Bertz CT molecular complexity index is 823. The molecule has 0 radical (unpaired) electrons. The zero-order chi connectivity index (χ0) is 14.8. The molecule has 0 bridgehead atoms. The monoisotopic (exact) mass is 339 g/mol. The molecule has 2 nitrogen and oxygen atoms in total. The van der Waals surface area contributed by atoms with Crippen LogP contribution >= 0.6 is 15.9 Å². The maximum atomic E-state index is 12.5. The number of hydrogen-bond acceptors (Lipinski definition) is 1. The molecular weight excluding hydrogens is 326 g/mol. The van der Waals surface area contributed by atoms with Crippen LogP contribution in [0.15, 0.2) is 76.1 Å². The first-order valence-corrected chi connectivity index (χ1v) is 7.48. The Labute approximate surface area is 131 Å². The number of aromatic nitrogens is 1. The lowest BCUT2D eigenvalue weighted by Gasteiger charge is -2.12. The van der Waals surface area contributed by atoms with E-state index in [1.54, 1.807) is 11.6 Å². The van der Waals surface area contributed by atoms with Gasteiger partial charge >= 0.3 is 0 Å². The van der Waals surface area contributed by atoms with Crippen LogP contribution in [-0.4, -0.2) is 4.57 Å². The average Bonchev–Trinajstić information content (AvgIpc) is 2.53. The third-order valence-corrected chi connectivity index (χ3v) is 4.28. The van der Waals surface area contributed by atoms with Crippen LogP contribution in [0.25, 0.3) is 22.3 Å². The van der Waals surface area contributed by atoms with Gasteiger partial charge in [-0.15, -0.1) is 0 Å². The number of rotatable bonds is 2. The molecule has 21 heavy (non-hydrogen) atoms. The second kappa shape index (κ2) is 5.70. The van der Waals surface area contributed by atoms with Crippen molar-refractivity contribution in [2.45, 2.75) is 0 Å². The summed E-state index contributed by atoms with van der Waals surface area (Å²) in [6, 6.07) is 19.8. The minimum atomic E-state index is -0.00671. The van der Waals surface area contributed by atoms with Gasteiger partial charge in [0.2, 0.25) is 0 Å². The van der Waals surface area contributed by atoms with E-state index in [-0.39, 0.29) is 5.56 Å². The molecule has 0 saturated heterocycles. The largest absolute Gasteiger partial charge is 0.317 e. The molecule has 0 spiro atoms. The zero-order valence-electron chi connectivity index (χ0n) is 11.6. The second-order valence-electron chi connectivity index (χ2n) is 4.88. The maximum absolute atomic E-state index is 12.5. The Kier molecular flexibility index (Phi) is 3.76. The Hall–Kier alpha value is -2.13. The molecule has 0 atom stereocenters. The van der Waals surface area contributed by atoms with Crippen molar-refractivity contribution in [1.82, 2.24) is 4.57 Å². The minimum absolute atomic E-state index is 0.00671. The van der Waals surface area contributed by atoms with Crippen molar-refractivity contribution in [2.75, 3.05) is 0 Å². The maximum Gasteiger partial charge on any atom is 0.259 e. The summed E-state index contributed by atoms with van der Waals surface area (Å²) in [7, 11) is 1.79. The lowest BCUT2D eigenvalue weighted by Crippen LogP contribution is -2.19. The first kappa shape index (κ1) is 13.8. The summed E-state index contributed by atoms with van der Waals surface area (Å²) in [6.45, 7) is 0. The molecule has 0 aliphatic rings. The van der Waals surface area contributed by atoms with E-state index < -0.39 is 0 Å². The number of halogens is 1. The normalized spacial score (nSPS) is 10.6. The highest BCUT2D eigenvalue weighted by atomic mass is 79.9. The van der Waals surface area contributed by atoms with Crippen molar-refractivity contribution in [2.24, 2.45) is 7.05 Å². The van der Waals surface area contributed by atoms with Gasteiger partial charge in [0.25, 0.3) is 5.56 Å². The minimum Gasteiger partial charge on any atom is -0.317 e. The molecule has 0 amide bonds. The summed E-state index contributed by atoms with van der Waals surface area (Å²) in [5.41, 5.74) is 3.70. The molecular formula is C18H14BrNO. The van der Waals surface area contributed by atoms with Gasteiger partial charge in [-0.3, -0.25) is 4.79 Å². The molecule has 104 valence electrons. The van der Waals surface area contributed by atoms with Crippen molar-refractivity contribution in [3.8, 4) is 22.3 Å². The molecule has 0 aliphatic heterocycles. The van der Waals surface area contributed by atoms with Crippen LogP contribution in [0.3, 0.4) is 0 Å². The highest BCUT2D eigenvalue weighted by Crippen LogP contribution is 2.34. The average molecular weight is 340 g/mol. The second-order valence-corrected chi connectivity index (χ2v) is 5.67. The van der Waals surface area contributed by atoms with Crippen LogP contribution in [0.5, 0.6) is 0 Å². The van der Waals surface area contributed by atoms with Gasteiger partial charge < -0.3 is 4.57 Å². The van der Waals surface area contributed by atoms with Crippen LogP contribution in [0.4, 0.5) is 0 Å². The summed E-state index contributed by atoms with van der Waals surface area (Å²) in [5.74, 6) is 0. The standard InChI is InChI=1S/C18H14BrNO/c1-20-12-15(13-8-4-2-5-9-13)17(19)16(18(20)21)14-10-6-3-7-11-14/h2-12H,1H3. The fourth-order valence-corrected chi connectivity index (χ4v) is 3.12. The van der Waals surface area contributed by atoms with Crippen molar-refractivity contribution < 1.29 is 0 Å². The van der Waals surface area contributed by atoms with E-state index in [1.807, 2.05) is 66.9 Å². The molecule has 0 aliphatic carbocycles. The van der Waals surface area contributed by atoms with Crippen molar-refractivity contribution >= 4 is 15.9 Å². The predicted molar refractivity (Wildman–Crippen MR) is 90.3 cm³/mol. The first-order chi connectivity index (χ1) is 10.2. The van der Waals surface area contributed by atoms with E-state index >= 15 is 0 Å². The van der Waals surface area contributed by atoms with Crippen LogP contribution in [0.1, 0.15) is 0 Å². The van der Waals surface area contributed by atoms with Gasteiger partial charge in [-0.05, 0) is 27.1 Å². The molecule has 2 aromatic carbocycles.